The van der Waals surface area contributed by atoms with Crippen LogP contribution in [0, 0.1) is 0 Å². The number of halogens is 2. The molecule has 0 saturated carbocycles. The molecule has 0 bridgehead atoms. The third-order valence-corrected chi connectivity index (χ3v) is 1.90. The maximum absolute atomic E-state index is 13.3. The first-order chi connectivity index (χ1) is 7.00. The first kappa shape index (κ1) is 11.6. The van der Waals surface area contributed by atoms with Gasteiger partial charge in [0.15, 0.2) is 0 Å². The Bertz CT molecular complexity index is 325. The number of nitrogens with one attached hydrogen (secondary N) is 1. The highest BCUT2D eigenvalue weighted by molar-refractivity contribution is 5.78. The van der Waals surface area contributed by atoms with Crippen LogP contribution in [0.5, 0.6) is 0 Å². The summed E-state index contributed by atoms with van der Waals surface area (Å²) in [6.07, 6.45) is 1.45. The SMILES string of the molecule is CCOC(=O)C(F)(F)[C@H](N)c1ccc[nH]1. The second-order valence-corrected chi connectivity index (χ2v) is 2.95. The van der Waals surface area contributed by atoms with Crippen LogP contribution in [0.1, 0.15) is 18.7 Å². The number of nitrogens with two attached hydrogens (primary N) is 1. The van der Waals surface area contributed by atoms with Crippen LogP contribution in [-0.4, -0.2) is 23.5 Å². The van der Waals surface area contributed by atoms with Gasteiger partial charge in [-0.15, -0.1) is 0 Å². The molecular weight excluding hydrogens is 206 g/mol. The summed E-state index contributed by atoms with van der Waals surface area (Å²) in [6.45, 7) is 1.35. The van der Waals surface area contributed by atoms with Gasteiger partial charge in [-0.3, -0.25) is 0 Å². The molecule has 0 amide bonds. The quantitative estimate of drug-likeness (QED) is 0.746. The van der Waals surface area contributed by atoms with Crippen molar-refractivity contribution in [2.75, 3.05) is 6.61 Å². The van der Waals surface area contributed by atoms with E-state index in [0.29, 0.717) is 0 Å². The van der Waals surface area contributed by atoms with E-state index in [0.717, 1.165) is 0 Å². The summed E-state index contributed by atoms with van der Waals surface area (Å²) in [5, 5.41) is 0. The number of aromatic nitrogens is 1. The summed E-state index contributed by atoms with van der Waals surface area (Å²) in [5.74, 6) is -5.33. The second-order valence-electron chi connectivity index (χ2n) is 2.95. The summed E-state index contributed by atoms with van der Waals surface area (Å²) in [4.78, 5) is 13.5. The van der Waals surface area contributed by atoms with Crippen molar-refractivity contribution < 1.29 is 18.3 Å². The minimum absolute atomic E-state index is 0.0908. The summed E-state index contributed by atoms with van der Waals surface area (Å²) < 4.78 is 30.9. The number of ether oxygens (including phenoxy) is 1. The number of hydrogen-bond acceptors (Lipinski definition) is 3. The molecule has 0 unspecified atom stereocenters. The van der Waals surface area contributed by atoms with Crippen LogP contribution >= 0.6 is 0 Å². The average Bonchev–Trinajstić information content (AvgIpc) is 2.69. The first-order valence-corrected chi connectivity index (χ1v) is 4.44. The molecule has 3 N–H and O–H groups in total. The molecule has 1 aromatic heterocycles. The molecule has 0 aliphatic heterocycles. The van der Waals surface area contributed by atoms with Gasteiger partial charge in [-0.2, -0.15) is 8.78 Å². The van der Waals surface area contributed by atoms with Crippen LogP contribution in [0.2, 0.25) is 0 Å². The van der Waals surface area contributed by atoms with Crippen molar-refractivity contribution in [3.8, 4) is 0 Å². The van der Waals surface area contributed by atoms with Crippen molar-refractivity contribution >= 4 is 5.97 Å². The number of esters is 1. The summed E-state index contributed by atoms with van der Waals surface area (Å²) in [5.41, 5.74) is 5.36. The van der Waals surface area contributed by atoms with E-state index in [2.05, 4.69) is 9.72 Å². The predicted octanol–water partition coefficient (Wildman–Crippen LogP) is 1.21. The van der Waals surface area contributed by atoms with Gasteiger partial charge in [-0.1, -0.05) is 0 Å². The van der Waals surface area contributed by atoms with Crippen molar-refractivity contribution in [2.24, 2.45) is 5.73 Å². The third kappa shape index (κ3) is 2.33. The fraction of sp³-hybridized carbons (Fsp3) is 0.444. The zero-order valence-corrected chi connectivity index (χ0v) is 8.17. The molecule has 0 aromatic carbocycles. The number of carbonyl (C=O) groups is 1. The highest BCUT2D eigenvalue weighted by atomic mass is 19.3. The molecule has 84 valence electrons. The molecule has 1 rings (SSSR count). The molecule has 0 aliphatic carbocycles. The van der Waals surface area contributed by atoms with Gasteiger partial charge in [-0.25, -0.2) is 4.79 Å². The van der Waals surface area contributed by atoms with Gasteiger partial charge >= 0.3 is 11.9 Å². The average molecular weight is 218 g/mol. The Morgan fingerprint density at radius 3 is 2.87 bits per heavy atom. The van der Waals surface area contributed by atoms with E-state index in [4.69, 9.17) is 5.73 Å². The lowest BCUT2D eigenvalue weighted by molar-refractivity contribution is -0.175. The van der Waals surface area contributed by atoms with Crippen LogP contribution in [0.3, 0.4) is 0 Å². The van der Waals surface area contributed by atoms with Crippen LogP contribution in [-0.2, 0) is 9.53 Å². The molecule has 0 radical (unpaired) electrons. The molecule has 0 aliphatic rings. The molecule has 0 saturated heterocycles. The molecule has 1 aromatic rings. The monoisotopic (exact) mass is 218 g/mol. The molecule has 15 heavy (non-hydrogen) atoms. The Kier molecular flexibility index (Phi) is 3.41. The van der Waals surface area contributed by atoms with Crippen LogP contribution in [0.15, 0.2) is 18.3 Å². The van der Waals surface area contributed by atoms with Crippen molar-refractivity contribution in [1.82, 2.24) is 4.98 Å². The van der Waals surface area contributed by atoms with Gasteiger partial charge in [0.05, 0.1) is 6.61 Å². The number of aromatic amines is 1. The molecule has 1 atom stereocenters. The molecule has 1 heterocycles. The van der Waals surface area contributed by atoms with Crippen molar-refractivity contribution in [2.45, 2.75) is 18.9 Å². The minimum Gasteiger partial charge on any atom is -0.462 e. The van der Waals surface area contributed by atoms with E-state index in [9.17, 15) is 13.6 Å². The van der Waals surface area contributed by atoms with Gasteiger partial charge in [0.2, 0.25) is 0 Å². The zero-order chi connectivity index (χ0) is 11.5. The Hall–Kier alpha value is -1.43. The summed E-state index contributed by atoms with van der Waals surface area (Å²) in [7, 11) is 0. The van der Waals surface area contributed by atoms with E-state index >= 15 is 0 Å². The van der Waals surface area contributed by atoms with Gasteiger partial charge in [0.1, 0.15) is 6.04 Å². The van der Waals surface area contributed by atoms with E-state index in [1.54, 1.807) is 0 Å². The van der Waals surface area contributed by atoms with Gasteiger partial charge in [0.25, 0.3) is 0 Å². The Morgan fingerprint density at radius 1 is 1.73 bits per heavy atom. The maximum atomic E-state index is 13.3. The molecule has 0 spiro atoms. The second kappa shape index (κ2) is 4.39. The smallest absolute Gasteiger partial charge is 0.379 e. The lowest BCUT2D eigenvalue weighted by Gasteiger charge is -2.20. The van der Waals surface area contributed by atoms with Crippen LogP contribution in [0.4, 0.5) is 8.78 Å². The van der Waals surface area contributed by atoms with Gasteiger partial charge < -0.3 is 15.5 Å². The minimum atomic E-state index is -3.72. The highest BCUT2D eigenvalue weighted by Gasteiger charge is 2.48. The largest absolute Gasteiger partial charge is 0.462 e. The predicted molar refractivity (Wildman–Crippen MR) is 49.3 cm³/mol. The number of H-pyrrole nitrogens is 1. The van der Waals surface area contributed by atoms with Gasteiger partial charge in [-0.05, 0) is 19.1 Å². The standard InChI is InChI=1S/C9H12F2N2O2/c1-2-15-8(14)9(10,11)7(12)6-4-3-5-13-6/h3-5,7,13H,2,12H2,1H3/t7-/m1/s1. The topological polar surface area (TPSA) is 68.1 Å². The van der Waals surface area contributed by atoms with E-state index in [1.165, 1.54) is 25.3 Å². The molecule has 6 heteroatoms. The highest BCUT2D eigenvalue weighted by Crippen LogP contribution is 2.29. The fourth-order valence-electron chi connectivity index (χ4n) is 1.09. The molecular formula is C9H12F2N2O2. The zero-order valence-electron chi connectivity index (χ0n) is 8.17. The molecule has 4 nitrogen and oxygen atoms in total. The molecule has 0 fully saturated rings. The van der Waals surface area contributed by atoms with Crippen LogP contribution < -0.4 is 5.73 Å². The summed E-state index contributed by atoms with van der Waals surface area (Å²) >= 11 is 0. The van der Waals surface area contributed by atoms with Crippen molar-refractivity contribution in [3.63, 3.8) is 0 Å². The van der Waals surface area contributed by atoms with Crippen LogP contribution in [0.25, 0.3) is 0 Å². The fourth-order valence-corrected chi connectivity index (χ4v) is 1.09. The third-order valence-electron chi connectivity index (χ3n) is 1.90. The number of carbonyl (C=O) groups excluding carboxylic acids is 1. The Balaban J connectivity index is 2.81. The number of rotatable bonds is 4. The summed E-state index contributed by atoms with van der Waals surface area (Å²) in [6, 6.07) is 1.19. The lowest BCUT2D eigenvalue weighted by atomic mass is 10.1. The van der Waals surface area contributed by atoms with Crippen molar-refractivity contribution in [1.29, 1.82) is 0 Å². The Morgan fingerprint density at radius 2 is 2.40 bits per heavy atom. The van der Waals surface area contributed by atoms with E-state index in [1.807, 2.05) is 0 Å². The van der Waals surface area contributed by atoms with Crippen molar-refractivity contribution in [3.05, 3.63) is 24.0 Å². The maximum Gasteiger partial charge on any atom is 0.379 e. The van der Waals surface area contributed by atoms with E-state index < -0.39 is 17.9 Å². The Labute approximate surface area is 85.4 Å². The van der Waals surface area contributed by atoms with E-state index in [-0.39, 0.29) is 12.3 Å². The van der Waals surface area contributed by atoms with Gasteiger partial charge in [0, 0.05) is 11.9 Å². The lowest BCUT2D eigenvalue weighted by Crippen LogP contribution is -2.41. The normalized spacial score (nSPS) is 13.6. The first-order valence-electron chi connectivity index (χ1n) is 4.44. The number of alkyl halides is 2. The number of hydrogen-bond donors (Lipinski definition) is 2.